The van der Waals surface area contributed by atoms with Crippen LogP contribution in [-0.2, 0) is 9.59 Å². The highest BCUT2D eigenvalue weighted by atomic mass is 19.1. The molecule has 1 atom stereocenters. The molecule has 2 heterocycles. The molecule has 102 valence electrons. The van der Waals surface area contributed by atoms with Crippen LogP contribution in [0.25, 0.3) is 10.8 Å². The van der Waals surface area contributed by atoms with Gasteiger partial charge in [-0.15, -0.1) is 0 Å². The molecule has 6 nitrogen and oxygen atoms in total. The predicted molar refractivity (Wildman–Crippen MR) is 67.4 cm³/mol. The van der Waals surface area contributed by atoms with Gasteiger partial charge in [0.15, 0.2) is 0 Å². The SMILES string of the molecule is O=C1CCC(n2ncc3cccc(F)c3c2=O)C(=O)N1. The third-order valence-corrected chi connectivity index (χ3v) is 3.29. The number of piperidine rings is 1. The molecule has 0 aliphatic carbocycles. The van der Waals surface area contributed by atoms with Crippen molar-refractivity contribution in [1.29, 1.82) is 0 Å². The number of carbonyl (C=O) groups excluding carboxylic acids is 2. The lowest BCUT2D eigenvalue weighted by molar-refractivity contribution is -0.136. The summed E-state index contributed by atoms with van der Waals surface area (Å²) in [7, 11) is 0. The van der Waals surface area contributed by atoms with Crippen molar-refractivity contribution in [3.63, 3.8) is 0 Å². The number of amides is 2. The molecule has 1 aromatic carbocycles. The van der Waals surface area contributed by atoms with Gasteiger partial charge in [0.1, 0.15) is 11.9 Å². The molecular weight excluding hydrogens is 265 g/mol. The molecular formula is C13H10FN3O3. The Hall–Kier alpha value is -2.57. The van der Waals surface area contributed by atoms with E-state index in [-0.39, 0.29) is 24.1 Å². The van der Waals surface area contributed by atoms with Crippen LogP contribution in [-0.4, -0.2) is 21.6 Å². The smallest absolute Gasteiger partial charge is 0.278 e. The highest BCUT2D eigenvalue weighted by molar-refractivity contribution is 5.99. The van der Waals surface area contributed by atoms with E-state index < -0.39 is 23.3 Å². The number of carbonyl (C=O) groups is 2. The summed E-state index contributed by atoms with van der Waals surface area (Å²) in [5.41, 5.74) is -0.671. The summed E-state index contributed by atoms with van der Waals surface area (Å²) in [6.07, 6.45) is 1.64. The number of nitrogens with zero attached hydrogens (tertiary/aromatic N) is 2. The summed E-state index contributed by atoms with van der Waals surface area (Å²) in [5, 5.41) is 6.33. The first-order valence-electron chi connectivity index (χ1n) is 6.07. The van der Waals surface area contributed by atoms with E-state index in [4.69, 9.17) is 0 Å². The van der Waals surface area contributed by atoms with Crippen LogP contribution >= 0.6 is 0 Å². The molecule has 1 N–H and O–H groups in total. The lowest BCUT2D eigenvalue weighted by Gasteiger charge is -2.21. The summed E-state index contributed by atoms with van der Waals surface area (Å²) in [5.74, 6) is -1.63. The van der Waals surface area contributed by atoms with Gasteiger partial charge in [0, 0.05) is 11.8 Å². The van der Waals surface area contributed by atoms with Gasteiger partial charge < -0.3 is 0 Å². The molecule has 1 aromatic heterocycles. The Morgan fingerprint density at radius 3 is 2.85 bits per heavy atom. The Morgan fingerprint density at radius 2 is 2.10 bits per heavy atom. The first-order valence-corrected chi connectivity index (χ1v) is 6.07. The molecule has 1 saturated heterocycles. The lowest BCUT2D eigenvalue weighted by atomic mass is 10.1. The van der Waals surface area contributed by atoms with E-state index in [1.807, 2.05) is 0 Å². The second kappa shape index (κ2) is 4.52. The second-order valence-corrected chi connectivity index (χ2v) is 4.57. The van der Waals surface area contributed by atoms with Crippen molar-refractivity contribution in [2.75, 3.05) is 0 Å². The van der Waals surface area contributed by atoms with Crippen molar-refractivity contribution < 1.29 is 14.0 Å². The molecule has 7 heteroatoms. The van der Waals surface area contributed by atoms with E-state index in [1.165, 1.54) is 18.3 Å². The zero-order chi connectivity index (χ0) is 14.3. The van der Waals surface area contributed by atoms with E-state index in [2.05, 4.69) is 10.4 Å². The van der Waals surface area contributed by atoms with E-state index in [9.17, 15) is 18.8 Å². The molecule has 1 fully saturated rings. The number of hydrogen-bond acceptors (Lipinski definition) is 4. The first-order chi connectivity index (χ1) is 9.58. The number of imide groups is 1. The summed E-state index contributed by atoms with van der Waals surface area (Å²) < 4.78 is 14.7. The summed E-state index contributed by atoms with van der Waals surface area (Å²) >= 11 is 0. The summed E-state index contributed by atoms with van der Waals surface area (Å²) in [4.78, 5) is 35.1. The van der Waals surface area contributed by atoms with E-state index in [1.54, 1.807) is 6.07 Å². The normalized spacial score (nSPS) is 19.1. The summed E-state index contributed by atoms with van der Waals surface area (Å²) in [6, 6.07) is 3.35. The van der Waals surface area contributed by atoms with Crippen molar-refractivity contribution in [3.05, 3.63) is 40.6 Å². The minimum absolute atomic E-state index is 0.104. The van der Waals surface area contributed by atoms with Crippen molar-refractivity contribution in [2.45, 2.75) is 18.9 Å². The zero-order valence-corrected chi connectivity index (χ0v) is 10.3. The number of halogens is 1. The van der Waals surface area contributed by atoms with Crippen molar-refractivity contribution in [1.82, 2.24) is 15.1 Å². The maximum Gasteiger partial charge on any atom is 0.278 e. The molecule has 1 aliphatic heterocycles. The van der Waals surface area contributed by atoms with Gasteiger partial charge in [0.25, 0.3) is 11.5 Å². The zero-order valence-electron chi connectivity index (χ0n) is 10.3. The molecule has 1 unspecified atom stereocenters. The number of rotatable bonds is 1. The molecule has 0 radical (unpaired) electrons. The van der Waals surface area contributed by atoms with Crippen LogP contribution < -0.4 is 10.9 Å². The van der Waals surface area contributed by atoms with Gasteiger partial charge in [-0.25, -0.2) is 9.07 Å². The Labute approximate surface area is 112 Å². The van der Waals surface area contributed by atoms with Crippen molar-refractivity contribution in [2.24, 2.45) is 0 Å². The van der Waals surface area contributed by atoms with Crippen LogP contribution in [0.4, 0.5) is 4.39 Å². The molecule has 2 amide bonds. The fourth-order valence-corrected chi connectivity index (χ4v) is 2.30. The van der Waals surface area contributed by atoms with Gasteiger partial charge in [-0.05, 0) is 12.5 Å². The minimum Gasteiger partial charge on any atom is -0.295 e. The highest BCUT2D eigenvalue weighted by Crippen LogP contribution is 2.18. The third kappa shape index (κ3) is 1.87. The summed E-state index contributed by atoms with van der Waals surface area (Å²) in [6.45, 7) is 0. The molecule has 2 aromatic rings. The van der Waals surface area contributed by atoms with Gasteiger partial charge in [0.05, 0.1) is 11.6 Å². The van der Waals surface area contributed by atoms with E-state index >= 15 is 0 Å². The van der Waals surface area contributed by atoms with E-state index in [0.717, 1.165) is 4.68 Å². The standard InChI is InChI=1S/C13H10FN3O3/c14-8-3-1-2-7-6-15-17(13(20)11(7)8)9-4-5-10(18)16-12(9)19/h1-3,6,9H,4-5H2,(H,16,18,19). The van der Waals surface area contributed by atoms with Gasteiger partial charge >= 0.3 is 0 Å². The molecule has 0 spiro atoms. The second-order valence-electron chi connectivity index (χ2n) is 4.57. The minimum atomic E-state index is -0.885. The third-order valence-electron chi connectivity index (χ3n) is 3.29. The van der Waals surface area contributed by atoms with Gasteiger partial charge in [-0.3, -0.25) is 19.7 Å². The Morgan fingerprint density at radius 1 is 1.30 bits per heavy atom. The van der Waals surface area contributed by atoms with Gasteiger partial charge in [0.2, 0.25) is 5.91 Å². The van der Waals surface area contributed by atoms with Crippen LogP contribution in [0, 0.1) is 5.82 Å². The predicted octanol–water partition coefficient (Wildman–Crippen LogP) is 0.513. The maximum absolute atomic E-state index is 13.8. The van der Waals surface area contributed by atoms with Crippen LogP contribution in [0.2, 0.25) is 0 Å². The largest absolute Gasteiger partial charge is 0.295 e. The number of nitrogens with one attached hydrogen (secondary N) is 1. The lowest BCUT2D eigenvalue weighted by Crippen LogP contribution is -2.45. The molecule has 20 heavy (non-hydrogen) atoms. The average Bonchev–Trinajstić information content (AvgIpc) is 2.40. The molecule has 1 aliphatic rings. The maximum atomic E-state index is 13.8. The highest BCUT2D eigenvalue weighted by Gasteiger charge is 2.30. The number of fused-ring (bicyclic) bond motifs is 1. The Balaban J connectivity index is 2.16. The number of hydrogen-bond donors (Lipinski definition) is 1. The molecule has 0 saturated carbocycles. The fourth-order valence-electron chi connectivity index (χ4n) is 2.30. The van der Waals surface area contributed by atoms with Crippen LogP contribution in [0.1, 0.15) is 18.9 Å². The Bertz CT molecular complexity index is 784. The number of aromatic nitrogens is 2. The van der Waals surface area contributed by atoms with Gasteiger partial charge in [-0.1, -0.05) is 12.1 Å². The van der Waals surface area contributed by atoms with Crippen LogP contribution in [0.15, 0.2) is 29.2 Å². The monoisotopic (exact) mass is 275 g/mol. The fraction of sp³-hybridized carbons (Fsp3) is 0.231. The van der Waals surface area contributed by atoms with Crippen LogP contribution in [0.5, 0.6) is 0 Å². The van der Waals surface area contributed by atoms with Crippen molar-refractivity contribution >= 4 is 22.6 Å². The number of benzene rings is 1. The van der Waals surface area contributed by atoms with Crippen molar-refractivity contribution in [3.8, 4) is 0 Å². The average molecular weight is 275 g/mol. The Kier molecular flexibility index (Phi) is 2.81. The first kappa shape index (κ1) is 12.5. The molecule has 3 rings (SSSR count). The van der Waals surface area contributed by atoms with Gasteiger partial charge in [-0.2, -0.15) is 5.10 Å². The topological polar surface area (TPSA) is 81.1 Å². The van der Waals surface area contributed by atoms with Crippen LogP contribution in [0.3, 0.4) is 0 Å². The quantitative estimate of drug-likeness (QED) is 0.769. The molecule has 0 bridgehead atoms. The van der Waals surface area contributed by atoms with E-state index in [0.29, 0.717) is 5.39 Å².